The first-order valence-corrected chi connectivity index (χ1v) is 10.5. The molecule has 0 unspecified atom stereocenters. The number of carbonyl (C=O) groups is 2. The lowest BCUT2D eigenvalue weighted by molar-refractivity contribution is -0.136. The fourth-order valence-electron chi connectivity index (χ4n) is 3.02. The van der Waals surface area contributed by atoms with Gasteiger partial charge in [-0.05, 0) is 48.2 Å². The average molecular weight is 405 g/mol. The Morgan fingerprint density at radius 3 is 2.50 bits per heavy atom. The first-order chi connectivity index (χ1) is 13.2. The van der Waals surface area contributed by atoms with E-state index in [9.17, 15) is 22.4 Å². The predicted octanol–water partition coefficient (Wildman–Crippen LogP) is 1.79. The van der Waals surface area contributed by atoms with Gasteiger partial charge in [0.2, 0.25) is 10.0 Å². The van der Waals surface area contributed by atoms with E-state index >= 15 is 0 Å². The van der Waals surface area contributed by atoms with E-state index in [4.69, 9.17) is 0 Å². The lowest BCUT2D eigenvalue weighted by atomic mass is 10.0. The van der Waals surface area contributed by atoms with Crippen molar-refractivity contribution in [2.75, 3.05) is 22.4 Å². The van der Waals surface area contributed by atoms with Crippen LogP contribution in [0.5, 0.6) is 0 Å². The number of benzene rings is 2. The van der Waals surface area contributed by atoms with Crippen molar-refractivity contribution in [1.82, 2.24) is 5.32 Å². The summed E-state index contributed by atoms with van der Waals surface area (Å²) in [7, 11) is -3.43. The minimum Gasteiger partial charge on any atom is -0.344 e. The number of hydrogen-bond donors (Lipinski definition) is 2. The van der Waals surface area contributed by atoms with Gasteiger partial charge < -0.3 is 10.6 Å². The van der Waals surface area contributed by atoms with Gasteiger partial charge in [0.25, 0.3) is 0 Å². The summed E-state index contributed by atoms with van der Waals surface area (Å²) in [5.41, 5.74) is 2.37. The van der Waals surface area contributed by atoms with Crippen LogP contribution in [0.1, 0.15) is 17.5 Å². The molecule has 0 radical (unpaired) electrons. The van der Waals surface area contributed by atoms with Gasteiger partial charge in [-0.1, -0.05) is 18.2 Å². The van der Waals surface area contributed by atoms with E-state index in [-0.39, 0.29) is 12.4 Å². The zero-order chi connectivity index (χ0) is 20.3. The molecule has 0 fully saturated rings. The van der Waals surface area contributed by atoms with Crippen LogP contribution in [-0.4, -0.2) is 33.0 Å². The van der Waals surface area contributed by atoms with E-state index in [1.807, 2.05) is 0 Å². The number of aryl methyl sites for hydroxylation is 1. The molecular formula is C19H20FN3O4S. The average Bonchev–Trinajstić information content (AvgIpc) is 2.66. The molecule has 2 N–H and O–H groups in total. The van der Waals surface area contributed by atoms with Crippen LogP contribution in [0.25, 0.3) is 0 Å². The zero-order valence-corrected chi connectivity index (χ0v) is 16.1. The molecule has 1 aliphatic heterocycles. The standard InChI is InChI=1S/C19H20FN3O4S/c1-28(26,27)23-10-2-3-14-6-9-16(11-17(14)23)22-19(25)18(24)21-12-13-4-7-15(20)8-5-13/h4-9,11H,2-3,10,12H2,1H3,(H,21,24)(H,22,25). The molecule has 0 saturated heterocycles. The summed E-state index contributed by atoms with van der Waals surface area (Å²) in [5, 5.41) is 4.93. The number of fused-ring (bicyclic) bond motifs is 1. The molecule has 0 bridgehead atoms. The highest BCUT2D eigenvalue weighted by atomic mass is 32.2. The number of nitrogens with one attached hydrogen (secondary N) is 2. The second kappa shape index (κ2) is 7.97. The third-order valence-corrected chi connectivity index (χ3v) is 5.57. The van der Waals surface area contributed by atoms with Crippen molar-refractivity contribution in [3.05, 3.63) is 59.4 Å². The lowest BCUT2D eigenvalue weighted by Crippen LogP contribution is -2.36. The van der Waals surface area contributed by atoms with Crippen molar-refractivity contribution >= 4 is 33.2 Å². The number of rotatable bonds is 4. The smallest absolute Gasteiger partial charge is 0.313 e. The van der Waals surface area contributed by atoms with Crippen LogP contribution >= 0.6 is 0 Å². The van der Waals surface area contributed by atoms with Gasteiger partial charge in [-0.25, -0.2) is 12.8 Å². The van der Waals surface area contributed by atoms with E-state index in [2.05, 4.69) is 10.6 Å². The quantitative estimate of drug-likeness (QED) is 0.758. The molecule has 9 heteroatoms. The van der Waals surface area contributed by atoms with Crippen LogP contribution in [0.2, 0.25) is 0 Å². The summed E-state index contributed by atoms with van der Waals surface area (Å²) in [5.74, 6) is -2.10. The highest BCUT2D eigenvalue weighted by molar-refractivity contribution is 7.92. The Labute approximate surface area is 162 Å². The number of halogens is 1. The summed E-state index contributed by atoms with van der Waals surface area (Å²) in [6.45, 7) is 0.458. The summed E-state index contributed by atoms with van der Waals surface area (Å²) >= 11 is 0. The highest BCUT2D eigenvalue weighted by Crippen LogP contribution is 2.31. The Kier molecular flexibility index (Phi) is 5.64. The minimum atomic E-state index is -3.43. The highest BCUT2D eigenvalue weighted by Gasteiger charge is 2.24. The molecule has 0 aliphatic carbocycles. The van der Waals surface area contributed by atoms with Crippen molar-refractivity contribution in [1.29, 1.82) is 0 Å². The number of anilines is 2. The maximum absolute atomic E-state index is 12.9. The van der Waals surface area contributed by atoms with Gasteiger partial charge >= 0.3 is 11.8 Å². The molecule has 7 nitrogen and oxygen atoms in total. The van der Waals surface area contributed by atoms with Crippen molar-refractivity contribution < 1.29 is 22.4 Å². The molecule has 0 aromatic heterocycles. The van der Waals surface area contributed by atoms with Gasteiger partial charge in [0.05, 0.1) is 11.9 Å². The van der Waals surface area contributed by atoms with E-state index in [0.717, 1.165) is 24.7 Å². The molecule has 1 heterocycles. The monoisotopic (exact) mass is 405 g/mol. The summed E-state index contributed by atoms with van der Waals surface area (Å²) < 4.78 is 38.2. The molecule has 148 valence electrons. The van der Waals surface area contributed by atoms with E-state index in [0.29, 0.717) is 23.5 Å². The molecule has 0 atom stereocenters. The van der Waals surface area contributed by atoms with Gasteiger partial charge in [0, 0.05) is 18.8 Å². The third kappa shape index (κ3) is 4.66. The molecular weight excluding hydrogens is 385 g/mol. The zero-order valence-electron chi connectivity index (χ0n) is 15.2. The summed E-state index contributed by atoms with van der Waals surface area (Å²) in [6, 6.07) is 10.5. The van der Waals surface area contributed by atoms with Crippen molar-refractivity contribution in [3.8, 4) is 0 Å². The Bertz CT molecular complexity index is 1010. The maximum atomic E-state index is 12.9. The van der Waals surface area contributed by atoms with Crippen LogP contribution in [-0.2, 0) is 32.6 Å². The Morgan fingerprint density at radius 2 is 1.82 bits per heavy atom. The molecule has 0 saturated carbocycles. The van der Waals surface area contributed by atoms with Gasteiger partial charge in [0.1, 0.15) is 5.82 Å². The fourth-order valence-corrected chi connectivity index (χ4v) is 4.00. The van der Waals surface area contributed by atoms with Gasteiger partial charge in [-0.3, -0.25) is 13.9 Å². The predicted molar refractivity (Wildman–Crippen MR) is 104 cm³/mol. The SMILES string of the molecule is CS(=O)(=O)N1CCCc2ccc(NC(=O)C(=O)NCc3ccc(F)cc3)cc21. The number of amides is 2. The lowest BCUT2D eigenvalue weighted by Gasteiger charge is -2.29. The van der Waals surface area contributed by atoms with E-state index in [1.165, 1.54) is 28.6 Å². The molecule has 0 spiro atoms. The minimum absolute atomic E-state index is 0.0819. The van der Waals surface area contributed by atoms with Crippen molar-refractivity contribution in [2.45, 2.75) is 19.4 Å². The first-order valence-electron chi connectivity index (χ1n) is 8.68. The molecule has 2 aromatic rings. The molecule has 1 aliphatic rings. The second-order valence-corrected chi connectivity index (χ2v) is 8.45. The third-order valence-electron chi connectivity index (χ3n) is 4.39. The van der Waals surface area contributed by atoms with Gasteiger partial charge in [-0.15, -0.1) is 0 Å². The number of carbonyl (C=O) groups excluding carboxylic acids is 2. The molecule has 28 heavy (non-hydrogen) atoms. The molecule has 3 rings (SSSR count). The first kappa shape index (κ1) is 19.8. The molecule has 2 amide bonds. The largest absolute Gasteiger partial charge is 0.344 e. The number of sulfonamides is 1. The van der Waals surface area contributed by atoms with Crippen molar-refractivity contribution in [2.24, 2.45) is 0 Å². The van der Waals surface area contributed by atoms with Crippen LogP contribution < -0.4 is 14.9 Å². The normalized spacial score (nSPS) is 13.6. The number of hydrogen-bond acceptors (Lipinski definition) is 4. The topological polar surface area (TPSA) is 95.6 Å². The van der Waals surface area contributed by atoms with Crippen LogP contribution in [0.3, 0.4) is 0 Å². The van der Waals surface area contributed by atoms with Gasteiger partial charge in [-0.2, -0.15) is 0 Å². The van der Waals surface area contributed by atoms with Crippen LogP contribution in [0.15, 0.2) is 42.5 Å². The second-order valence-electron chi connectivity index (χ2n) is 6.55. The number of nitrogens with zero attached hydrogens (tertiary/aromatic N) is 1. The van der Waals surface area contributed by atoms with Gasteiger partial charge in [0.15, 0.2) is 0 Å². The summed E-state index contributed by atoms with van der Waals surface area (Å²) in [6.07, 6.45) is 2.60. The Morgan fingerprint density at radius 1 is 1.11 bits per heavy atom. The van der Waals surface area contributed by atoms with Crippen LogP contribution in [0.4, 0.5) is 15.8 Å². The van der Waals surface area contributed by atoms with E-state index in [1.54, 1.807) is 18.2 Å². The Hall–Kier alpha value is -2.94. The van der Waals surface area contributed by atoms with E-state index < -0.39 is 21.8 Å². The fraction of sp³-hybridized carbons (Fsp3) is 0.263. The molecule has 2 aromatic carbocycles. The Balaban J connectivity index is 1.67. The summed E-state index contributed by atoms with van der Waals surface area (Å²) in [4.78, 5) is 24.1. The maximum Gasteiger partial charge on any atom is 0.313 e. The van der Waals surface area contributed by atoms with Crippen molar-refractivity contribution in [3.63, 3.8) is 0 Å². The van der Waals surface area contributed by atoms with Crippen LogP contribution in [0, 0.1) is 5.82 Å².